The van der Waals surface area contributed by atoms with Gasteiger partial charge in [0, 0.05) is 22.5 Å². The second kappa shape index (κ2) is 6.57. The lowest BCUT2D eigenvalue weighted by molar-refractivity contribution is 0.762. The average Bonchev–Trinajstić information content (AvgIpc) is 2.76. The maximum atomic E-state index is 5.71. The zero-order chi connectivity index (χ0) is 13.8. The Morgan fingerprint density at radius 1 is 1.53 bits per heavy atom. The van der Waals surface area contributed by atoms with Crippen molar-refractivity contribution in [3.8, 4) is 0 Å². The number of hydrogen-bond donors (Lipinski definition) is 2. The van der Waals surface area contributed by atoms with E-state index in [1.54, 1.807) is 0 Å². The van der Waals surface area contributed by atoms with E-state index in [9.17, 15) is 0 Å². The van der Waals surface area contributed by atoms with Crippen LogP contribution in [0.15, 0.2) is 12.1 Å². The van der Waals surface area contributed by atoms with E-state index < -0.39 is 0 Å². The number of thiocarbonyl (C=S) groups is 1. The Kier molecular flexibility index (Phi) is 5.05. The van der Waals surface area contributed by atoms with Crippen LogP contribution < -0.4 is 11.1 Å². The predicted molar refractivity (Wildman–Crippen MR) is 88.0 cm³/mol. The first-order valence-corrected chi connectivity index (χ1v) is 8.22. The summed E-state index contributed by atoms with van der Waals surface area (Å²) >= 11 is 7.09. The Balaban J connectivity index is 2.12. The van der Waals surface area contributed by atoms with Crippen molar-refractivity contribution in [1.82, 2.24) is 4.98 Å². The maximum absolute atomic E-state index is 5.71. The summed E-state index contributed by atoms with van der Waals surface area (Å²) < 4.78 is 0. The van der Waals surface area contributed by atoms with Crippen molar-refractivity contribution in [2.75, 3.05) is 11.1 Å². The predicted octanol–water partition coefficient (Wildman–Crippen LogP) is 3.11. The second-order valence-electron chi connectivity index (χ2n) is 4.92. The van der Waals surface area contributed by atoms with Gasteiger partial charge in [-0.15, -0.1) is 0 Å². The van der Waals surface area contributed by atoms with Gasteiger partial charge in [-0.05, 0) is 37.7 Å². The molecule has 5 heteroatoms. The second-order valence-corrected chi connectivity index (χ2v) is 6.88. The van der Waals surface area contributed by atoms with E-state index in [0.29, 0.717) is 16.3 Å². The molecule has 0 spiro atoms. The summed E-state index contributed by atoms with van der Waals surface area (Å²) in [4.78, 5) is 4.97. The largest absolute Gasteiger partial charge is 0.389 e. The molecule has 2 rings (SSSR count). The first-order valence-electron chi connectivity index (χ1n) is 6.76. The van der Waals surface area contributed by atoms with Crippen LogP contribution in [-0.4, -0.2) is 27.0 Å². The molecule has 1 saturated carbocycles. The van der Waals surface area contributed by atoms with Crippen molar-refractivity contribution in [3.05, 3.63) is 23.4 Å². The summed E-state index contributed by atoms with van der Waals surface area (Å²) in [5.74, 6) is 2.07. The fourth-order valence-electron chi connectivity index (χ4n) is 2.58. The maximum Gasteiger partial charge on any atom is 0.127 e. The van der Waals surface area contributed by atoms with Gasteiger partial charge in [0.1, 0.15) is 10.8 Å². The molecule has 1 fully saturated rings. The molecule has 2 atom stereocenters. The highest BCUT2D eigenvalue weighted by molar-refractivity contribution is 7.99. The van der Waals surface area contributed by atoms with Crippen LogP contribution in [0, 0.1) is 6.92 Å². The van der Waals surface area contributed by atoms with Gasteiger partial charge >= 0.3 is 0 Å². The third-order valence-corrected chi connectivity index (χ3v) is 4.97. The van der Waals surface area contributed by atoms with Gasteiger partial charge in [0.15, 0.2) is 0 Å². The first-order chi connectivity index (χ1) is 9.10. The van der Waals surface area contributed by atoms with E-state index in [0.717, 1.165) is 17.1 Å². The smallest absolute Gasteiger partial charge is 0.127 e. The average molecular weight is 295 g/mol. The molecule has 0 bridgehead atoms. The van der Waals surface area contributed by atoms with Crippen LogP contribution in [0.25, 0.3) is 0 Å². The number of nitrogens with one attached hydrogen (secondary N) is 1. The Labute approximate surface area is 124 Å². The SMILES string of the molecule is CCSC1CCCC1Nc1cc(C(N)=S)cc(C)n1. The van der Waals surface area contributed by atoms with Gasteiger partial charge in [0.2, 0.25) is 0 Å². The zero-order valence-corrected chi connectivity index (χ0v) is 13.1. The quantitative estimate of drug-likeness (QED) is 0.818. The van der Waals surface area contributed by atoms with Gasteiger partial charge in [-0.1, -0.05) is 25.6 Å². The number of anilines is 1. The number of rotatable bonds is 5. The van der Waals surface area contributed by atoms with Crippen LogP contribution in [0.5, 0.6) is 0 Å². The topological polar surface area (TPSA) is 50.9 Å². The number of hydrogen-bond acceptors (Lipinski definition) is 4. The third kappa shape index (κ3) is 3.83. The van der Waals surface area contributed by atoms with E-state index >= 15 is 0 Å². The highest BCUT2D eigenvalue weighted by Gasteiger charge is 2.27. The summed E-state index contributed by atoms with van der Waals surface area (Å²) in [7, 11) is 0. The van der Waals surface area contributed by atoms with Crippen LogP contribution >= 0.6 is 24.0 Å². The number of thioether (sulfide) groups is 1. The molecule has 1 aliphatic rings. The Bertz CT molecular complexity index is 462. The summed E-state index contributed by atoms with van der Waals surface area (Å²) in [5.41, 5.74) is 7.55. The van der Waals surface area contributed by atoms with E-state index in [4.69, 9.17) is 18.0 Å². The Morgan fingerprint density at radius 2 is 2.32 bits per heavy atom. The summed E-state index contributed by atoms with van der Waals surface area (Å²) in [6.45, 7) is 4.19. The van der Waals surface area contributed by atoms with Crippen molar-refractivity contribution in [2.45, 2.75) is 44.4 Å². The van der Waals surface area contributed by atoms with Crippen LogP contribution in [-0.2, 0) is 0 Å². The molecule has 0 aromatic carbocycles. The molecule has 0 radical (unpaired) electrons. The number of pyridine rings is 1. The van der Waals surface area contributed by atoms with Crippen molar-refractivity contribution in [2.24, 2.45) is 5.73 Å². The molecule has 104 valence electrons. The molecular weight excluding hydrogens is 274 g/mol. The van der Waals surface area contributed by atoms with E-state index in [1.165, 1.54) is 25.0 Å². The van der Waals surface area contributed by atoms with Gasteiger partial charge in [-0.25, -0.2) is 4.98 Å². The molecule has 1 aromatic heterocycles. The summed E-state index contributed by atoms with van der Waals surface area (Å²) in [6.07, 6.45) is 3.81. The molecule has 3 N–H and O–H groups in total. The molecule has 3 nitrogen and oxygen atoms in total. The molecule has 0 amide bonds. The van der Waals surface area contributed by atoms with E-state index in [2.05, 4.69) is 17.2 Å². The van der Waals surface area contributed by atoms with E-state index in [1.807, 2.05) is 30.8 Å². The fraction of sp³-hybridized carbons (Fsp3) is 0.571. The first kappa shape index (κ1) is 14.6. The number of aryl methyl sites for hydroxylation is 1. The van der Waals surface area contributed by atoms with Crippen molar-refractivity contribution in [3.63, 3.8) is 0 Å². The molecule has 0 aliphatic heterocycles. The molecule has 2 unspecified atom stereocenters. The Hall–Kier alpha value is -0.810. The summed E-state index contributed by atoms with van der Waals surface area (Å²) in [5, 5.41) is 4.26. The fourth-order valence-corrected chi connectivity index (χ4v) is 3.90. The monoisotopic (exact) mass is 295 g/mol. The minimum atomic E-state index is 0.430. The molecule has 0 saturated heterocycles. The molecule has 1 aliphatic carbocycles. The van der Waals surface area contributed by atoms with E-state index in [-0.39, 0.29) is 0 Å². The van der Waals surface area contributed by atoms with Gasteiger partial charge in [0.25, 0.3) is 0 Å². The lowest BCUT2D eigenvalue weighted by Gasteiger charge is -2.21. The van der Waals surface area contributed by atoms with Gasteiger partial charge in [-0.3, -0.25) is 0 Å². The number of nitrogens with two attached hydrogens (primary N) is 1. The van der Waals surface area contributed by atoms with Crippen LogP contribution in [0.3, 0.4) is 0 Å². The van der Waals surface area contributed by atoms with Crippen molar-refractivity contribution in [1.29, 1.82) is 0 Å². The standard InChI is InChI=1S/C14H21N3S2/c1-3-19-12-6-4-5-11(12)17-13-8-10(14(15)18)7-9(2)16-13/h7-8,11-12H,3-6H2,1-2H3,(H2,15,18)(H,16,17). The lowest BCUT2D eigenvalue weighted by Crippen LogP contribution is -2.27. The molecule has 19 heavy (non-hydrogen) atoms. The van der Waals surface area contributed by atoms with Gasteiger partial charge in [0.05, 0.1) is 0 Å². The third-order valence-electron chi connectivity index (χ3n) is 3.40. The van der Waals surface area contributed by atoms with Crippen LogP contribution in [0.2, 0.25) is 0 Å². The summed E-state index contributed by atoms with van der Waals surface area (Å²) in [6, 6.07) is 4.40. The minimum absolute atomic E-state index is 0.430. The van der Waals surface area contributed by atoms with Crippen LogP contribution in [0.4, 0.5) is 5.82 Å². The highest BCUT2D eigenvalue weighted by atomic mass is 32.2. The highest BCUT2D eigenvalue weighted by Crippen LogP contribution is 2.31. The number of nitrogens with zero attached hydrogens (tertiary/aromatic N) is 1. The van der Waals surface area contributed by atoms with Gasteiger partial charge in [-0.2, -0.15) is 11.8 Å². The van der Waals surface area contributed by atoms with Crippen molar-refractivity contribution < 1.29 is 0 Å². The molecule has 1 heterocycles. The lowest BCUT2D eigenvalue weighted by atomic mass is 10.2. The molecule has 1 aromatic rings. The van der Waals surface area contributed by atoms with Gasteiger partial charge < -0.3 is 11.1 Å². The Morgan fingerprint density at radius 3 is 3.00 bits per heavy atom. The van der Waals surface area contributed by atoms with Crippen molar-refractivity contribution >= 4 is 34.8 Å². The normalized spacial score (nSPS) is 22.4. The molecular formula is C14H21N3S2. The number of aromatic nitrogens is 1. The minimum Gasteiger partial charge on any atom is -0.389 e. The zero-order valence-electron chi connectivity index (χ0n) is 11.5. The van der Waals surface area contributed by atoms with Crippen LogP contribution in [0.1, 0.15) is 37.4 Å².